The van der Waals surface area contributed by atoms with Gasteiger partial charge in [-0.15, -0.1) is 0 Å². The number of Topliss-reactive ketones (excluding diaryl/α,β-unsaturated/α-hetero) is 1. The lowest BCUT2D eigenvalue weighted by atomic mass is 9.94. The summed E-state index contributed by atoms with van der Waals surface area (Å²) >= 11 is 0. The second-order valence-corrected chi connectivity index (χ2v) is 6.06. The van der Waals surface area contributed by atoms with Crippen molar-refractivity contribution in [3.05, 3.63) is 29.8 Å². The van der Waals surface area contributed by atoms with E-state index in [-0.39, 0.29) is 24.1 Å². The van der Waals surface area contributed by atoms with Crippen LogP contribution in [0.3, 0.4) is 0 Å². The van der Waals surface area contributed by atoms with Gasteiger partial charge in [0, 0.05) is 32.0 Å². The van der Waals surface area contributed by atoms with E-state index in [1.54, 1.807) is 6.92 Å². The Morgan fingerprint density at radius 3 is 2.48 bits per heavy atom. The van der Waals surface area contributed by atoms with Crippen molar-refractivity contribution >= 4 is 23.3 Å². The van der Waals surface area contributed by atoms with Crippen LogP contribution in [0.15, 0.2) is 24.3 Å². The molecule has 6 nitrogen and oxygen atoms in total. The summed E-state index contributed by atoms with van der Waals surface area (Å²) in [6.45, 7) is 3.98. The Morgan fingerprint density at radius 2 is 1.88 bits per heavy atom. The fourth-order valence-corrected chi connectivity index (χ4v) is 2.52. The Balaban J connectivity index is 2.47. The Morgan fingerprint density at radius 1 is 1.20 bits per heavy atom. The van der Waals surface area contributed by atoms with Crippen LogP contribution in [0.1, 0.15) is 45.1 Å². The maximum atomic E-state index is 12.2. The number of aryl methyl sites for hydroxylation is 1. The van der Waals surface area contributed by atoms with Crippen LogP contribution in [0.5, 0.6) is 0 Å². The quantitative estimate of drug-likeness (QED) is 0.363. The minimum absolute atomic E-state index is 0.0365. The number of rotatable bonds is 11. The first-order valence-corrected chi connectivity index (χ1v) is 8.69. The molecule has 6 heteroatoms. The minimum Gasteiger partial charge on any atom is -0.466 e. The smallest absolute Gasteiger partial charge is 0.309 e. The van der Waals surface area contributed by atoms with Gasteiger partial charge in [-0.1, -0.05) is 12.1 Å². The van der Waals surface area contributed by atoms with Gasteiger partial charge >= 0.3 is 5.97 Å². The average Bonchev–Trinajstić information content (AvgIpc) is 2.57. The van der Waals surface area contributed by atoms with Crippen LogP contribution >= 0.6 is 0 Å². The maximum Gasteiger partial charge on any atom is 0.309 e. The van der Waals surface area contributed by atoms with Crippen LogP contribution in [0, 0.1) is 5.92 Å². The van der Waals surface area contributed by atoms with Gasteiger partial charge in [0.2, 0.25) is 5.91 Å². The first kappa shape index (κ1) is 20.7. The first-order valence-electron chi connectivity index (χ1n) is 8.69. The standard InChI is InChI=1S/C19H28N2O4/c1-3-25-19(24)16(5-4-12-21-14(2)22)13-18(23)11-8-15-6-9-17(20)10-7-15/h6-7,9-10,16H,3-5,8,11-13,20H2,1-2H3,(H,21,22)/t16-/m0/s1. The third kappa shape index (κ3) is 8.88. The fourth-order valence-electron chi connectivity index (χ4n) is 2.52. The highest BCUT2D eigenvalue weighted by Crippen LogP contribution is 2.16. The van der Waals surface area contributed by atoms with Gasteiger partial charge in [0.05, 0.1) is 12.5 Å². The molecule has 3 N–H and O–H groups in total. The molecule has 0 heterocycles. The SMILES string of the molecule is CCOC(=O)[C@@H](CCCNC(C)=O)CC(=O)CCc1ccc(N)cc1. The highest BCUT2D eigenvalue weighted by molar-refractivity contribution is 5.84. The number of hydrogen-bond acceptors (Lipinski definition) is 5. The monoisotopic (exact) mass is 348 g/mol. The number of hydrogen-bond donors (Lipinski definition) is 2. The lowest BCUT2D eigenvalue weighted by Crippen LogP contribution is -2.25. The second-order valence-electron chi connectivity index (χ2n) is 6.06. The largest absolute Gasteiger partial charge is 0.466 e. The Labute approximate surface area is 149 Å². The van der Waals surface area contributed by atoms with Crippen molar-refractivity contribution < 1.29 is 19.1 Å². The van der Waals surface area contributed by atoms with Crippen molar-refractivity contribution in [2.75, 3.05) is 18.9 Å². The first-order chi connectivity index (χ1) is 11.9. The molecule has 0 unspecified atom stereocenters. The Bertz CT molecular complexity index is 569. The molecular formula is C19H28N2O4. The predicted molar refractivity (Wildman–Crippen MR) is 96.8 cm³/mol. The molecule has 0 saturated carbocycles. The topological polar surface area (TPSA) is 98.5 Å². The zero-order valence-electron chi connectivity index (χ0n) is 15.0. The number of nitrogen functional groups attached to an aromatic ring is 1. The molecule has 25 heavy (non-hydrogen) atoms. The highest BCUT2D eigenvalue weighted by atomic mass is 16.5. The number of ketones is 1. The number of anilines is 1. The van der Waals surface area contributed by atoms with Crippen LogP contribution in [0.25, 0.3) is 0 Å². The zero-order valence-corrected chi connectivity index (χ0v) is 15.0. The number of amides is 1. The molecule has 1 rings (SSSR count). The molecule has 0 aromatic heterocycles. The van der Waals surface area contributed by atoms with Crippen LogP contribution in [0.4, 0.5) is 5.69 Å². The van der Waals surface area contributed by atoms with E-state index in [9.17, 15) is 14.4 Å². The second kappa shape index (κ2) is 11.2. The van der Waals surface area contributed by atoms with Crippen molar-refractivity contribution in [2.45, 2.75) is 46.0 Å². The van der Waals surface area contributed by atoms with Gasteiger partial charge in [-0.25, -0.2) is 0 Å². The van der Waals surface area contributed by atoms with Crippen LogP contribution in [-0.2, 0) is 25.5 Å². The minimum atomic E-state index is -0.451. The fraction of sp³-hybridized carbons (Fsp3) is 0.526. The summed E-state index contributed by atoms with van der Waals surface area (Å²) in [6, 6.07) is 7.42. The average molecular weight is 348 g/mol. The lowest BCUT2D eigenvalue weighted by Gasteiger charge is -2.15. The molecule has 0 radical (unpaired) electrons. The van der Waals surface area contributed by atoms with Crippen molar-refractivity contribution in [2.24, 2.45) is 5.92 Å². The summed E-state index contributed by atoms with van der Waals surface area (Å²) in [6.07, 6.45) is 2.33. The molecular weight excluding hydrogens is 320 g/mol. The van der Waals surface area contributed by atoms with E-state index in [0.717, 1.165) is 5.56 Å². The van der Waals surface area contributed by atoms with Gasteiger partial charge in [-0.2, -0.15) is 0 Å². The molecule has 0 aliphatic heterocycles. The third-order valence-electron chi connectivity index (χ3n) is 3.87. The van der Waals surface area contributed by atoms with E-state index < -0.39 is 5.92 Å². The molecule has 1 aromatic rings. The molecule has 1 aromatic carbocycles. The summed E-state index contributed by atoms with van der Waals surface area (Å²) in [4.78, 5) is 35.2. The normalized spacial score (nSPS) is 11.6. The van der Waals surface area contributed by atoms with E-state index in [1.807, 2.05) is 24.3 Å². The van der Waals surface area contributed by atoms with E-state index in [1.165, 1.54) is 6.92 Å². The van der Waals surface area contributed by atoms with E-state index >= 15 is 0 Å². The summed E-state index contributed by atoms with van der Waals surface area (Å²) in [5.41, 5.74) is 7.38. The molecule has 0 spiro atoms. The van der Waals surface area contributed by atoms with Gasteiger partial charge in [0.1, 0.15) is 5.78 Å². The summed E-state index contributed by atoms with van der Waals surface area (Å²) in [5, 5.41) is 2.69. The predicted octanol–water partition coefficient (Wildman–Crippen LogP) is 2.26. The lowest BCUT2D eigenvalue weighted by molar-refractivity contribution is -0.149. The summed E-state index contributed by atoms with van der Waals surface area (Å²) in [5.74, 6) is -0.861. The number of nitrogens with two attached hydrogens (primary N) is 1. The van der Waals surface area contributed by atoms with Crippen LogP contribution < -0.4 is 11.1 Å². The molecule has 1 atom stereocenters. The number of ether oxygens (including phenoxy) is 1. The van der Waals surface area contributed by atoms with E-state index in [4.69, 9.17) is 10.5 Å². The van der Waals surface area contributed by atoms with Gasteiger partial charge in [0.25, 0.3) is 0 Å². The van der Waals surface area contributed by atoms with Crippen molar-refractivity contribution in [3.8, 4) is 0 Å². The maximum absolute atomic E-state index is 12.2. The zero-order chi connectivity index (χ0) is 18.7. The number of esters is 1. The Kier molecular flexibility index (Phi) is 9.29. The van der Waals surface area contributed by atoms with Gasteiger partial charge in [-0.3, -0.25) is 14.4 Å². The molecule has 138 valence electrons. The number of carbonyl (C=O) groups is 3. The highest BCUT2D eigenvalue weighted by Gasteiger charge is 2.22. The van der Waals surface area contributed by atoms with E-state index in [0.29, 0.717) is 44.5 Å². The molecule has 0 fully saturated rings. The molecule has 0 aliphatic carbocycles. The molecule has 0 bridgehead atoms. The van der Waals surface area contributed by atoms with Gasteiger partial charge in [-0.05, 0) is 43.9 Å². The molecule has 0 aliphatic rings. The van der Waals surface area contributed by atoms with Crippen molar-refractivity contribution in [1.29, 1.82) is 0 Å². The summed E-state index contributed by atoms with van der Waals surface area (Å²) in [7, 11) is 0. The molecule has 1 amide bonds. The van der Waals surface area contributed by atoms with Crippen molar-refractivity contribution in [3.63, 3.8) is 0 Å². The number of nitrogens with one attached hydrogen (secondary N) is 1. The number of carbonyl (C=O) groups excluding carboxylic acids is 3. The third-order valence-corrected chi connectivity index (χ3v) is 3.87. The molecule has 0 saturated heterocycles. The Hall–Kier alpha value is -2.37. The van der Waals surface area contributed by atoms with Crippen molar-refractivity contribution in [1.82, 2.24) is 5.32 Å². The summed E-state index contributed by atoms with van der Waals surface area (Å²) < 4.78 is 5.07. The van der Waals surface area contributed by atoms with Gasteiger partial charge < -0.3 is 15.8 Å². The van der Waals surface area contributed by atoms with Crippen LogP contribution in [0.2, 0.25) is 0 Å². The van der Waals surface area contributed by atoms with Gasteiger partial charge in [0.15, 0.2) is 0 Å². The van der Waals surface area contributed by atoms with Crippen LogP contribution in [-0.4, -0.2) is 30.8 Å². The number of benzene rings is 1. The van der Waals surface area contributed by atoms with E-state index in [2.05, 4.69) is 5.32 Å².